The first-order valence-corrected chi connectivity index (χ1v) is 5.68. The second-order valence-corrected chi connectivity index (χ2v) is 4.57. The highest BCUT2D eigenvalue weighted by Gasteiger charge is 2.24. The van der Waals surface area contributed by atoms with Gasteiger partial charge in [-0.15, -0.1) is 0 Å². The van der Waals surface area contributed by atoms with Crippen LogP contribution in [0, 0.1) is 11.7 Å². The van der Waals surface area contributed by atoms with Crippen molar-refractivity contribution in [1.82, 2.24) is 0 Å². The minimum atomic E-state index is -0.302. The summed E-state index contributed by atoms with van der Waals surface area (Å²) in [5.41, 5.74) is 0.681. The molecule has 4 heteroatoms. The standard InChI is InChI=1S/C12H13ClFNO/c1-8-7-15(5-4-12(8)16)11-6-9(14)2-3-10(11)13/h2-3,6,8H,4-5,7H2,1H3. The van der Waals surface area contributed by atoms with Crippen LogP contribution < -0.4 is 4.90 Å². The number of Topliss-reactive ketones (excluding diaryl/α,β-unsaturated/α-hetero) is 1. The molecular weight excluding hydrogens is 229 g/mol. The lowest BCUT2D eigenvalue weighted by atomic mass is 9.98. The maximum atomic E-state index is 13.1. The van der Waals surface area contributed by atoms with Crippen LogP contribution in [0.1, 0.15) is 13.3 Å². The molecule has 0 bridgehead atoms. The van der Waals surface area contributed by atoms with Crippen LogP contribution >= 0.6 is 11.6 Å². The number of hydrogen-bond acceptors (Lipinski definition) is 2. The minimum Gasteiger partial charge on any atom is -0.369 e. The predicted molar refractivity (Wildman–Crippen MR) is 62.4 cm³/mol. The van der Waals surface area contributed by atoms with Gasteiger partial charge in [0.15, 0.2) is 0 Å². The average Bonchev–Trinajstić information content (AvgIpc) is 2.26. The van der Waals surface area contributed by atoms with Gasteiger partial charge < -0.3 is 4.90 Å². The van der Waals surface area contributed by atoms with E-state index in [0.717, 1.165) is 0 Å². The molecule has 16 heavy (non-hydrogen) atoms. The Labute approximate surface area is 99.0 Å². The van der Waals surface area contributed by atoms with Crippen LogP contribution in [0.3, 0.4) is 0 Å². The second kappa shape index (κ2) is 4.42. The molecule has 86 valence electrons. The molecule has 1 aromatic carbocycles. The van der Waals surface area contributed by atoms with Crippen molar-refractivity contribution in [3.8, 4) is 0 Å². The van der Waals surface area contributed by atoms with Crippen molar-refractivity contribution in [3.05, 3.63) is 29.0 Å². The van der Waals surface area contributed by atoms with Crippen molar-refractivity contribution in [2.24, 2.45) is 5.92 Å². The van der Waals surface area contributed by atoms with Gasteiger partial charge in [0.25, 0.3) is 0 Å². The summed E-state index contributed by atoms with van der Waals surface area (Å²) in [5.74, 6) is -0.0409. The van der Waals surface area contributed by atoms with Gasteiger partial charge in [-0.2, -0.15) is 0 Å². The van der Waals surface area contributed by atoms with Crippen molar-refractivity contribution in [1.29, 1.82) is 0 Å². The third-order valence-corrected chi connectivity index (χ3v) is 3.24. The maximum absolute atomic E-state index is 13.1. The molecule has 0 saturated carbocycles. The van der Waals surface area contributed by atoms with Crippen molar-refractivity contribution >= 4 is 23.1 Å². The minimum absolute atomic E-state index is 0.00640. The van der Waals surface area contributed by atoms with Gasteiger partial charge in [0.1, 0.15) is 11.6 Å². The summed E-state index contributed by atoms with van der Waals surface area (Å²) in [6.45, 7) is 3.12. The Hall–Kier alpha value is -1.09. The molecule has 0 aromatic heterocycles. The van der Waals surface area contributed by atoms with Gasteiger partial charge in [-0.3, -0.25) is 4.79 Å². The molecule has 1 heterocycles. The molecule has 0 amide bonds. The van der Waals surface area contributed by atoms with Gasteiger partial charge in [0, 0.05) is 25.4 Å². The summed E-state index contributed by atoms with van der Waals surface area (Å²) in [6, 6.07) is 4.31. The maximum Gasteiger partial charge on any atom is 0.139 e. The highest BCUT2D eigenvalue weighted by atomic mass is 35.5. The molecule has 1 aliphatic rings. The zero-order valence-corrected chi connectivity index (χ0v) is 9.80. The number of benzene rings is 1. The average molecular weight is 242 g/mol. The summed E-state index contributed by atoms with van der Waals surface area (Å²) in [5, 5.41) is 0.531. The van der Waals surface area contributed by atoms with E-state index in [1.54, 1.807) is 6.07 Å². The largest absolute Gasteiger partial charge is 0.369 e. The summed E-state index contributed by atoms with van der Waals surface area (Å²) in [4.78, 5) is 13.4. The van der Waals surface area contributed by atoms with Crippen molar-refractivity contribution in [2.75, 3.05) is 18.0 Å². The molecule has 2 nitrogen and oxygen atoms in total. The van der Waals surface area contributed by atoms with Gasteiger partial charge in [-0.1, -0.05) is 18.5 Å². The molecule has 1 atom stereocenters. The molecular formula is C12H13ClFNO. The Morgan fingerprint density at radius 2 is 2.25 bits per heavy atom. The van der Waals surface area contributed by atoms with Gasteiger partial charge in [-0.05, 0) is 18.2 Å². The van der Waals surface area contributed by atoms with Crippen LogP contribution in [-0.2, 0) is 4.79 Å². The fourth-order valence-corrected chi connectivity index (χ4v) is 2.20. The molecule has 0 N–H and O–H groups in total. The first-order chi connectivity index (χ1) is 7.58. The number of carbonyl (C=O) groups excluding carboxylic acids is 1. The molecule has 0 aliphatic carbocycles. The van der Waals surface area contributed by atoms with Crippen LogP contribution in [0.25, 0.3) is 0 Å². The lowest BCUT2D eigenvalue weighted by molar-refractivity contribution is -0.122. The molecule has 0 spiro atoms. The highest BCUT2D eigenvalue weighted by Crippen LogP contribution is 2.29. The lowest BCUT2D eigenvalue weighted by Crippen LogP contribution is -2.39. The Morgan fingerprint density at radius 3 is 2.94 bits per heavy atom. The van der Waals surface area contributed by atoms with E-state index in [1.165, 1.54) is 12.1 Å². The number of anilines is 1. The fourth-order valence-electron chi connectivity index (χ4n) is 1.96. The Bertz CT molecular complexity index is 421. The Balaban J connectivity index is 2.24. The molecule has 1 aromatic rings. The molecule has 1 fully saturated rings. The highest BCUT2D eigenvalue weighted by molar-refractivity contribution is 6.33. The first-order valence-electron chi connectivity index (χ1n) is 5.30. The van der Waals surface area contributed by atoms with E-state index in [1.807, 2.05) is 11.8 Å². The summed E-state index contributed by atoms with van der Waals surface area (Å²) >= 11 is 6.02. The first kappa shape index (κ1) is 11.4. The normalized spacial score (nSPS) is 21.3. The Kier molecular flexibility index (Phi) is 3.15. The number of halogens is 2. The van der Waals surface area contributed by atoms with E-state index >= 15 is 0 Å². The molecule has 1 saturated heterocycles. The van der Waals surface area contributed by atoms with Crippen LogP contribution in [0.5, 0.6) is 0 Å². The van der Waals surface area contributed by atoms with E-state index in [9.17, 15) is 9.18 Å². The fraction of sp³-hybridized carbons (Fsp3) is 0.417. The van der Waals surface area contributed by atoms with Crippen LogP contribution in [0.15, 0.2) is 18.2 Å². The number of ketones is 1. The van der Waals surface area contributed by atoms with Crippen molar-refractivity contribution < 1.29 is 9.18 Å². The van der Waals surface area contributed by atoms with E-state index < -0.39 is 0 Å². The van der Waals surface area contributed by atoms with Gasteiger partial charge in [-0.25, -0.2) is 4.39 Å². The van der Waals surface area contributed by atoms with Gasteiger partial charge in [0.2, 0.25) is 0 Å². The third-order valence-electron chi connectivity index (χ3n) is 2.92. The molecule has 1 aliphatic heterocycles. The Morgan fingerprint density at radius 1 is 1.50 bits per heavy atom. The SMILES string of the molecule is CC1CN(c2cc(F)ccc2Cl)CCC1=O. The second-order valence-electron chi connectivity index (χ2n) is 4.16. The van der Waals surface area contributed by atoms with Crippen molar-refractivity contribution in [2.45, 2.75) is 13.3 Å². The quantitative estimate of drug-likeness (QED) is 0.754. The molecule has 0 radical (unpaired) electrons. The molecule has 1 unspecified atom stereocenters. The molecule has 2 rings (SSSR count). The van der Waals surface area contributed by atoms with Crippen LogP contribution in [-0.4, -0.2) is 18.9 Å². The monoisotopic (exact) mass is 241 g/mol. The number of carbonyl (C=O) groups is 1. The van der Waals surface area contributed by atoms with Crippen LogP contribution in [0.2, 0.25) is 5.02 Å². The number of hydrogen-bond donors (Lipinski definition) is 0. The smallest absolute Gasteiger partial charge is 0.139 e. The zero-order chi connectivity index (χ0) is 11.7. The third kappa shape index (κ3) is 2.19. The topological polar surface area (TPSA) is 20.3 Å². The van der Waals surface area contributed by atoms with Crippen molar-refractivity contribution in [3.63, 3.8) is 0 Å². The number of rotatable bonds is 1. The lowest BCUT2D eigenvalue weighted by Gasteiger charge is -2.32. The van der Waals surface area contributed by atoms with Gasteiger partial charge >= 0.3 is 0 Å². The predicted octanol–water partition coefficient (Wildman–Crippen LogP) is 2.89. The van der Waals surface area contributed by atoms with E-state index in [4.69, 9.17) is 11.6 Å². The summed E-state index contributed by atoms with van der Waals surface area (Å²) < 4.78 is 13.1. The van der Waals surface area contributed by atoms with Crippen LogP contribution in [0.4, 0.5) is 10.1 Å². The van der Waals surface area contributed by atoms with E-state index in [2.05, 4.69) is 0 Å². The van der Waals surface area contributed by atoms with E-state index in [-0.39, 0.29) is 17.5 Å². The number of piperidine rings is 1. The summed E-state index contributed by atoms with van der Waals surface area (Å²) in [7, 11) is 0. The number of nitrogens with zero attached hydrogens (tertiary/aromatic N) is 1. The summed E-state index contributed by atoms with van der Waals surface area (Å²) in [6.07, 6.45) is 0.508. The zero-order valence-electron chi connectivity index (χ0n) is 9.04. The van der Waals surface area contributed by atoms with Gasteiger partial charge in [0.05, 0.1) is 10.7 Å². The van der Waals surface area contributed by atoms with E-state index in [0.29, 0.717) is 30.2 Å².